The summed E-state index contributed by atoms with van der Waals surface area (Å²) < 4.78 is 24.6. The van der Waals surface area contributed by atoms with E-state index in [-0.39, 0.29) is 29.7 Å². The third-order valence-corrected chi connectivity index (χ3v) is 7.20. The van der Waals surface area contributed by atoms with E-state index >= 15 is 0 Å². The number of hydrazone groups is 1. The number of carbonyl (C=O) groups is 1. The van der Waals surface area contributed by atoms with Crippen molar-refractivity contribution in [3.8, 4) is 0 Å². The number of amidine groups is 1. The topological polar surface area (TPSA) is 79.1 Å². The number of ether oxygens (including phenoxy) is 2. The highest BCUT2D eigenvalue weighted by Gasteiger charge is 2.47. The van der Waals surface area contributed by atoms with Crippen LogP contribution in [-0.4, -0.2) is 91.5 Å². The van der Waals surface area contributed by atoms with Crippen LogP contribution in [0.4, 0.5) is 4.39 Å². The monoisotopic (exact) mass is 419 g/mol. The van der Waals surface area contributed by atoms with Gasteiger partial charge in [-0.2, -0.15) is 5.10 Å². The number of hydrogen-bond acceptors (Lipinski definition) is 7. The molecule has 0 bridgehead atoms. The number of alkyl halides is 1. The molecule has 0 radical (unpaired) electrons. The fourth-order valence-electron chi connectivity index (χ4n) is 5.48. The van der Waals surface area contributed by atoms with Crippen LogP contribution in [0.15, 0.2) is 15.1 Å². The molecule has 5 aliphatic rings. The summed E-state index contributed by atoms with van der Waals surface area (Å²) >= 11 is 0. The molecule has 164 valence electrons. The summed E-state index contributed by atoms with van der Waals surface area (Å²) in [6.45, 7) is 4.97. The van der Waals surface area contributed by atoms with Gasteiger partial charge >= 0.3 is 0 Å². The minimum atomic E-state index is -1.30. The maximum atomic E-state index is 13.9. The van der Waals surface area contributed by atoms with E-state index in [4.69, 9.17) is 19.6 Å². The number of nitrogens with zero attached hydrogens (tertiary/aromatic N) is 5. The van der Waals surface area contributed by atoms with Gasteiger partial charge in [-0.15, -0.1) is 0 Å². The number of carbonyl (C=O) groups excluding carboxylic acids is 1. The highest BCUT2D eigenvalue weighted by atomic mass is 19.1. The van der Waals surface area contributed by atoms with Crippen molar-refractivity contribution in [1.82, 2.24) is 9.91 Å². The van der Waals surface area contributed by atoms with Crippen molar-refractivity contribution in [1.29, 1.82) is 0 Å². The van der Waals surface area contributed by atoms with Gasteiger partial charge in [-0.3, -0.25) is 24.7 Å². The molecule has 30 heavy (non-hydrogen) atoms. The fraction of sp³-hybridized carbons (Fsp3) is 0.810. The van der Waals surface area contributed by atoms with E-state index in [0.717, 1.165) is 44.0 Å². The Balaban J connectivity index is 1.32. The van der Waals surface area contributed by atoms with Crippen LogP contribution < -0.4 is 0 Å². The number of fused-ring (bicyclic) bond motifs is 1. The first-order chi connectivity index (χ1) is 14.5. The summed E-state index contributed by atoms with van der Waals surface area (Å²) in [6, 6.07) is 0.340. The lowest BCUT2D eigenvalue weighted by atomic mass is 9.78. The van der Waals surface area contributed by atoms with Crippen molar-refractivity contribution < 1.29 is 18.7 Å². The lowest BCUT2D eigenvalue weighted by Gasteiger charge is -2.34. The number of methoxy groups -OCH3 is 1. The van der Waals surface area contributed by atoms with Gasteiger partial charge in [0.05, 0.1) is 31.2 Å². The summed E-state index contributed by atoms with van der Waals surface area (Å²) in [5.41, 5.74) is 0.943. The van der Waals surface area contributed by atoms with Gasteiger partial charge in [0.15, 0.2) is 0 Å². The molecule has 0 spiro atoms. The second-order valence-electron chi connectivity index (χ2n) is 9.09. The summed E-state index contributed by atoms with van der Waals surface area (Å²) in [5, 5.41) is 6.85. The van der Waals surface area contributed by atoms with Crippen molar-refractivity contribution >= 4 is 23.7 Å². The van der Waals surface area contributed by atoms with Gasteiger partial charge in [-0.1, -0.05) is 6.92 Å². The zero-order chi connectivity index (χ0) is 20.8. The molecule has 5 heterocycles. The molecule has 0 aliphatic carbocycles. The molecule has 7 atom stereocenters. The van der Waals surface area contributed by atoms with Gasteiger partial charge in [-0.25, -0.2) is 4.39 Å². The van der Waals surface area contributed by atoms with E-state index in [1.165, 1.54) is 7.11 Å². The molecule has 1 amide bonds. The minimum absolute atomic E-state index is 0.0190. The molecule has 2 fully saturated rings. The van der Waals surface area contributed by atoms with Crippen LogP contribution in [0.2, 0.25) is 0 Å². The zero-order valence-electron chi connectivity index (χ0n) is 17.6. The zero-order valence-corrected chi connectivity index (χ0v) is 17.6. The number of amides is 1. The Hall–Kier alpha value is -1.87. The third-order valence-electron chi connectivity index (χ3n) is 7.20. The predicted octanol–water partition coefficient (Wildman–Crippen LogP) is 1.50. The summed E-state index contributed by atoms with van der Waals surface area (Å²) in [7, 11) is 1.53. The number of halogens is 1. The van der Waals surface area contributed by atoms with Crippen LogP contribution in [-0.2, 0) is 14.3 Å². The first kappa shape index (κ1) is 20.1. The maximum Gasteiger partial charge on any atom is 0.237 e. The Morgan fingerprint density at radius 2 is 2.20 bits per heavy atom. The number of aliphatic imine (C=N–C) groups is 2. The van der Waals surface area contributed by atoms with E-state index in [9.17, 15) is 9.18 Å². The molecular weight excluding hydrogens is 389 g/mol. The van der Waals surface area contributed by atoms with Crippen molar-refractivity contribution in [2.75, 3.05) is 33.4 Å². The van der Waals surface area contributed by atoms with E-state index in [2.05, 4.69) is 16.9 Å². The predicted molar refractivity (Wildman–Crippen MR) is 110 cm³/mol. The molecule has 5 aliphatic heterocycles. The Labute approximate surface area is 176 Å². The highest BCUT2D eigenvalue weighted by Crippen LogP contribution is 2.37. The SMILES string of the molecule is COC1CC(C2CC(C)C3C(=O)N(C4=NN([C@@H]5CCOC5)CC4)CC3=N2)C=NC1F. The van der Waals surface area contributed by atoms with Crippen molar-refractivity contribution in [3.63, 3.8) is 0 Å². The first-order valence-electron chi connectivity index (χ1n) is 11.0. The van der Waals surface area contributed by atoms with E-state index in [1.54, 1.807) is 6.21 Å². The largest absolute Gasteiger partial charge is 0.379 e. The van der Waals surface area contributed by atoms with Crippen molar-refractivity contribution in [3.05, 3.63) is 0 Å². The van der Waals surface area contributed by atoms with Gasteiger partial charge in [0.1, 0.15) is 11.9 Å². The average Bonchev–Trinajstić information content (AvgIpc) is 3.48. The van der Waals surface area contributed by atoms with Crippen LogP contribution in [0, 0.1) is 17.8 Å². The molecule has 0 saturated carbocycles. The number of rotatable bonds is 3. The maximum absolute atomic E-state index is 13.9. The first-order valence-corrected chi connectivity index (χ1v) is 11.0. The van der Waals surface area contributed by atoms with E-state index in [0.29, 0.717) is 25.6 Å². The fourth-order valence-corrected chi connectivity index (χ4v) is 5.48. The molecule has 0 N–H and O–H groups in total. The minimum Gasteiger partial charge on any atom is -0.379 e. The Morgan fingerprint density at radius 3 is 2.97 bits per heavy atom. The Bertz CT molecular complexity index is 781. The van der Waals surface area contributed by atoms with Crippen LogP contribution in [0.3, 0.4) is 0 Å². The van der Waals surface area contributed by atoms with Crippen LogP contribution in [0.5, 0.6) is 0 Å². The van der Waals surface area contributed by atoms with Gasteiger partial charge in [0.25, 0.3) is 0 Å². The van der Waals surface area contributed by atoms with E-state index in [1.807, 2.05) is 4.90 Å². The van der Waals surface area contributed by atoms with Gasteiger partial charge in [-0.05, 0) is 25.2 Å². The Morgan fingerprint density at radius 1 is 1.33 bits per heavy atom. The number of hydrogen-bond donors (Lipinski definition) is 0. The normalized spacial score (nSPS) is 41.3. The number of likely N-dealkylation sites (tertiary alicyclic amines) is 1. The molecule has 2 saturated heterocycles. The van der Waals surface area contributed by atoms with Crippen LogP contribution in [0.25, 0.3) is 0 Å². The molecule has 6 unspecified atom stereocenters. The van der Waals surface area contributed by atoms with Crippen LogP contribution in [0.1, 0.15) is 32.6 Å². The molecule has 5 rings (SSSR count). The Kier molecular flexibility index (Phi) is 5.35. The molecule has 8 nitrogen and oxygen atoms in total. The second-order valence-corrected chi connectivity index (χ2v) is 9.09. The standard InChI is InChI=1S/C21H30FN5O3/c1-12-7-15(13-8-17(29-2)20(22)23-9-13)24-16-10-26(21(28)19(12)16)18-3-5-27(25-18)14-4-6-30-11-14/h9,12-15,17,19-20H,3-8,10-11H2,1-2H3/t12?,13?,14-,15?,17?,19?,20?/m1/s1. The second kappa shape index (κ2) is 8.00. The molecule has 9 heteroatoms. The molecule has 0 aromatic carbocycles. The molecule has 0 aromatic rings. The lowest BCUT2D eigenvalue weighted by Crippen LogP contribution is -2.40. The van der Waals surface area contributed by atoms with E-state index < -0.39 is 12.4 Å². The smallest absolute Gasteiger partial charge is 0.237 e. The van der Waals surface area contributed by atoms with Crippen LogP contribution >= 0.6 is 0 Å². The third kappa shape index (κ3) is 3.45. The summed E-state index contributed by atoms with van der Waals surface area (Å²) in [4.78, 5) is 24.0. The highest BCUT2D eigenvalue weighted by molar-refractivity contribution is 6.18. The summed E-state index contributed by atoms with van der Waals surface area (Å²) in [5.74, 6) is 1.05. The lowest BCUT2D eigenvalue weighted by molar-refractivity contribution is -0.128. The summed E-state index contributed by atoms with van der Waals surface area (Å²) in [6.07, 6.45) is 3.03. The van der Waals surface area contributed by atoms with Gasteiger partial charge in [0, 0.05) is 44.5 Å². The molecular formula is C21H30FN5O3. The molecule has 0 aromatic heterocycles. The van der Waals surface area contributed by atoms with Crippen molar-refractivity contribution in [2.45, 2.75) is 57.1 Å². The van der Waals surface area contributed by atoms with Gasteiger partial charge < -0.3 is 9.47 Å². The average molecular weight is 420 g/mol. The van der Waals surface area contributed by atoms with Crippen molar-refractivity contribution in [2.24, 2.45) is 32.8 Å². The van der Waals surface area contributed by atoms with Gasteiger partial charge in [0.2, 0.25) is 12.2 Å². The quantitative estimate of drug-likeness (QED) is 0.650.